The molecule has 3 N–H and O–H groups in total. The van der Waals surface area contributed by atoms with Crippen LogP contribution in [0.25, 0.3) is 22.4 Å². The summed E-state index contributed by atoms with van der Waals surface area (Å²) in [6.07, 6.45) is 7.92. The Kier molecular flexibility index (Phi) is 8.45. The van der Waals surface area contributed by atoms with Crippen molar-refractivity contribution >= 4 is 34.4 Å². The van der Waals surface area contributed by atoms with Gasteiger partial charge in [0.1, 0.15) is 16.5 Å². The molecule has 0 atom stereocenters. The highest BCUT2D eigenvalue weighted by Crippen LogP contribution is 2.34. The summed E-state index contributed by atoms with van der Waals surface area (Å²) in [6, 6.07) is 6.85. The summed E-state index contributed by atoms with van der Waals surface area (Å²) in [6.45, 7) is 6.28. The number of imidazole rings is 2. The van der Waals surface area contributed by atoms with Gasteiger partial charge in [0.15, 0.2) is 0 Å². The first-order chi connectivity index (χ1) is 20.8. The second-order valence-corrected chi connectivity index (χ2v) is 12.0. The molecule has 0 saturated carbocycles. The lowest BCUT2D eigenvalue weighted by atomic mass is 9.87. The number of fused-ring (bicyclic) bond motifs is 1. The highest BCUT2D eigenvalue weighted by Gasteiger charge is 2.30. The van der Waals surface area contributed by atoms with Gasteiger partial charge in [0, 0.05) is 45.3 Å². The minimum absolute atomic E-state index is 0.206. The number of likely N-dealkylation sites (tertiary alicyclic amines) is 2. The number of carbonyl (C=O) groups excluding carboxylic acids is 1. The fraction of sp³-hybridized carbons (Fsp3) is 0.484. The van der Waals surface area contributed by atoms with Gasteiger partial charge in [-0.3, -0.25) is 4.79 Å². The first-order valence-electron chi connectivity index (χ1n) is 15.0. The van der Waals surface area contributed by atoms with Crippen LogP contribution in [0.2, 0.25) is 5.15 Å². The van der Waals surface area contributed by atoms with Crippen LogP contribution in [0.4, 0.5) is 10.5 Å². The van der Waals surface area contributed by atoms with Gasteiger partial charge in [0.25, 0.3) is 5.56 Å². The molecule has 1 aromatic carbocycles. The van der Waals surface area contributed by atoms with E-state index in [1.165, 1.54) is 12.7 Å². The predicted octanol–water partition coefficient (Wildman–Crippen LogP) is 4.68. The van der Waals surface area contributed by atoms with Crippen molar-refractivity contribution < 1.29 is 9.53 Å². The van der Waals surface area contributed by atoms with Crippen LogP contribution in [0, 0.1) is 6.92 Å². The number of rotatable bonds is 7. The predicted molar refractivity (Wildman–Crippen MR) is 168 cm³/mol. The van der Waals surface area contributed by atoms with Gasteiger partial charge in [-0.1, -0.05) is 17.7 Å². The summed E-state index contributed by atoms with van der Waals surface area (Å²) in [5.74, 6) is 1.01. The molecule has 12 heteroatoms. The third kappa shape index (κ3) is 6.01. The molecule has 11 nitrogen and oxygen atoms in total. The van der Waals surface area contributed by atoms with E-state index in [-0.39, 0.29) is 11.7 Å². The Labute approximate surface area is 255 Å². The topological polar surface area (TPSA) is 124 Å². The maximum Gasteiger partial charge on any atom is 0.409 e. The molecule has 4 aromatic rings. The van der Waals surface area contributed by atoms with E-state index in [2.05, 4.69) is 44.2 Å². The standard InChI is InChI=1S/C31H39ClN8O3/c1-19-16-21(20-6-12-39(13-7-20)22-8-14-40(15-9-22)31(42)43-3)17-25-27(19)37-29(36-25)26-23(4-11-34-30(26)41)33-10-5-24-28(32)38(2)18-35-24/h4,11,16-18,20,22H,5-10,12-15H2,1-3H3,(H,36,37)(H2,33,34,41). The fourth-order valence-corrected chi connectivity index (χ4v) is 6.81. The molecule has 0 aliphatic carbocycles. The number of nitrogens with one attached hydrogen (secondary N) is 3. The molecule has 0 bridgehead atoms. The smallest absolute Gasteiger partial charge is 0.409 e. The van der Waals surface area contributed by atoms with Crippen molar-refractivity contribution in [2.24, 2.45) is 7.05 Å². The minimum atomic E-state index is -0.222. The molecular formula is C31H39ClN8O3. The van der Waals surface area contributed by atoms with E-state index >= 15 is 0 Å². The number of hydrogen-bond donors (Lipinski definition) is 3. The van der Waals surface area contributed by atoms with Gasteiger partial charge in [0.2, 0.25) is 0 Å². The van der Waals surface area contributed by atoms with E-state index in [0.29, 0.717) is 47.2 Å². The molecule has 43 heavy (non-hydrogen) atoms. The number of aromatic amines is 2. The van der Waals surface area contributed by atoms with Crippen LogP contribution < -0.4 is 10.9 Å². The third-order valence-electron chi connectivity index (χ3n) is 9.02. The average Bonchev–Trinajstić information content (AvgIpc) is 3.60. The Hall–Kier alpha value is -3.83. The second-order valence-electron chi connectivity index (χ2n) is 11.7. The van der Waals surface area contributed by atoms with Crippen LogP contribution in [-0.2, 0) is 18.2 Å². The molecule has 0 radical (unpaired) electrons. The number of carbonyl (C=O) groups is 1. The Morgan fingerprint density at radius 1 is 1.16 bits per heavy atom. The number of aryl methyl sites for hydroxylation is 2. The lowest BCUT2D eigenvalue weighted by Gasteiger charge is -2.41. The van der Waals surface area contributed by atoms with Crippen LogP contribution >= 0.6 is 11.6 Å². The van der Waals surface area contributed by atoms with Crippen molar-refractivity contribution in [3.8, 4) is 11.4 Å². The quantitative estimate of drug-likeness (QED) is 0.279. The molecule has 6 rings (SSSR count). The zero-order chi connectivity index (χ0) is 30.1. The Morgan fingerprint density at radius 2 is 1.93 bits per heavy atom. The minimum Gasteiger partial charge on any atom is -0.453 e. The lowest BCUT2D eigenvalue weighted by molar-refractivity contribution is 0.0734. The number of anilines is 1. The van der Waals surface area contributed by atoms with Crippen molar-refractivity contribution in [1.29, 1.82) is 0 Å². The SMILES string of the molecule is COC(=O)N1CCC(N2CCC(c3cc(C)c4nc(-c5c(NCCc6ncn(C)c6Cl)cc[nH]c5=O)[nH]c4c3)CC2)CC1. The zero-order valence-corrected chi connectivity index (χ0v) is 25.7. The van der Waals surface area contributed by atoms with Gasteiger partial charge >= 0.3 is 6.09 Å². The maximum atomic E-state index is 13.0. The summed E-state index contributed by atoms with van der Waals surface area (Å²) in [7, 11) is 3.31. The molecule has 2 aliphatic heterocycles. The average molecular weight is 607 g/mol. The molecule has 1 amide bonds. The van der Waals surface area contributed by atoms with Crippen LogP contribution in [0.5, 0.6) is 0 Å². The molecule has 5 heterocycles. The van der Waals surface area contributed by atoms with E-state index < -0.39 is 0 Å². The second kappa shape index (κ2) is 12.4. The zero-order valence-electron chi connectivity index (χ0n) is 25.0. The monoisotopic (exact) mass is 606 g/mol. The Balaban J connectivity index is 1.14. The van der Waals surface area contributed by atoms with Crippen molar-refractivity contribution in [3.05, 3.63) is 63.1 Å². The molecular weight excluding hydrogens is 568 g/mol. The summed E-state index contributed by atoms with van der Waals surface area (Å²) >= 11 is 6.32. The number of amides is 1. The van der Waals surface area contributed by atoms with Crippen LogP contribution in [0.15, 0.2) is 35.5 Å². The van der Waals surface area contributed by atoms with Crippen molar-refractivity contribution in [2.45, 2.75) is 51.0 Å². The number of piperidine rings is 2. The van der Waals surface area contributed by atoms with Crippen LogP contribution in [-0.4, -0.2) is 86.3 Å². The lowest BCUT2D eigenvalue weighted by Crippen LogP contribution is -2.48. The normalized spacial score (nSPS) is 17.1. The van der Waals surface area contributed by atoms with Crippen LogP contribution in [0.1, 0.15) is 48.4 Å². The summed E-state index contributed by atoms with van der Waals surface area (Å²) in [4.78, 5) is 44.7. The highest BCUT2D eigenvalue weighted by atomic mass is 35.5. The van der Waals surface area contributed by atoms with Gasteiger partial charge in [0.05, 0.1) is 35.9 Å². The molecule has 0 unspecified atom stereocenters. The number of nitrogens with zero attached hydrogens (tertiary/aromatic N) is 5. The van der Waals surface area contributed by atoms with Gasteiger partial charge in [-0.25, -0.2) is 14.8 Å². The number of methoxy groups -OCH3 is 1. The molecule has 3 aromatic heterocycles. The van der Waals surface area contributed by atoms with Gasteiger partial charge in [-0.2, -0.15) is 0 Å². The first-order valence-corrected chi connectivity index (χ1v) is 15.4. The van der Waals surface area contributed by atoms with E-state index in [4.69, 9.17) is 21.3 Å². The van der Waals surface area contributed by atoms with E-state index in [0.717, 1.165) is 74.2 Å². The van der Waals surface area contributed by atoms with Gasteiger partial charge < -0.3 is 34.4 Å². The number of ether oxygens (including phenoxy) is 1. The Morgan fingerprint density at radius 3 is 2.63 bits per heavy atom. The van der Waals surface area contributed by atoms with Crippen LogP contribution in [0.3, 0.4) is 0 Å². The molecule has 228 valence electrons. The number of halogens is 1. The molecule has 2 aliphatic rings. The number of aromatic nitrogens is 5. The number of H-pyrrole nitrogens is 2. The summed E-state index contributed by atoms with van der Waals surface area (Å²) in [5, 5.41) is 4.00. The summed E-state index contributed by atoms with van der Waals surface area (Å²) in [5.41, 5.74) is 6.02. The van der Waals surface area contributed by atoms with E-state index in [1.54, 1.807) is 22.0 Å². The van der Waals surface area contributed by atoms with Gasteiger partial charge in [-0.05, 0) is 74.9 Å². The number of benzene rings is 1. The molecule has 2 fully saturated rings. The van der Waals surface area contributed by atoms with E-state index in [9.17, 15) is 9.59 Å². The number of pyridine rings is 1. The van der Waals surface area contributed by atoms with Crippen molar-refractivity contribution in [3.63, 3.8) is 0 Å². The fourth-order valence-electron chi connectivity index (χ4n) is 6.62. The first kappa shape index (κ1) is 29.3. The number of hydrogen-bond acceptors (Lipinski definition) is 7. The highest BCUT2D eigenvalue weighted by molar-refractivity contribution is 6.30. The third-order valence-corrected chi connectivity index (χ3v) is 9.51. The Bertz CT molecular complexity index is 1660. The van der Waals surface area contributed by atoms with Gasteiger partial charge in [-0.15, -0.1) is 0 Å². The maximum absolute atomic E-state index is 13.0. The van der Waals surface area contributed by atoms with E-state index in [1.807, 2.05) is 13.1 Å². The molecule has 0 spiro atoms. The van der Waals surface area contributed by atoms with Crippen molar-refractivity contribution in [2.75, 3.05) is 45.2 Å². The largest absolute Gasteiger partial charge is 0.453 e. The van der Waals surface area contributed by atoms with Crippen molar-refractivity contribution in [1.82, 2.24) is 34.3 Å². The summed E-state index contributed by atoms with van der Waals surface area (Å²) < 4.78 is 6.67. The molecule has 2 saturated heterocycles.